The van der Waals surface area contributed by atoms with E-state index in [-0.39, 0.29) is 0 Å². The van der Waals surface area contributed by atoms with Crippen LogP contribution in [-0.4, -0.2) is 34.6 Å². The lowest BCUT2D eigenvalue weighted by Crippen LogP contribution is -2.49. The maximum Gasteiger partial charge on any atom is 0.326 e. The smallest absolute Gasteiger partial charge is 0.326 e. The summed E-state index contributed by atoms with van der Waals surface area (Å²) in [6, 6.07) is 7.87. The normalized spacial score (nSPS) is 17.9. The third-order valence-electron chi connectivity index (χ3n) is 3.54. The maximum absolute atomic E-state index is 12.2. The molecular weight excluding hydrogens is 270 g/mol. The minimum Gasteiger partial charge on any atom is -0.480 e. The maximum atomic E-state index is 12.2. The molecule has 0 aromatic heterocycles. The number of carbonyl (C=O) groups excluding carboxylic acids is 1. The average molecular weight is 287 g/mol. The number of nitriles is 1. The molecule has 2 rings (SSSR count). The standard InChI is InChI=1S/C15H17N3O3/c16-9-8-11-4-6-12(7-5-11)17-15(21)18-10-2-1-3-13(18)14(19)20/h4-7,13H,1-3,8,10H2,(H,17,21)(H,19,20). The van der Waals surface area contributed by atoms with Crippen molar-refractivity contribution < 1.29 is 14.7 Å². The summed E-state index contributed by atoms with van der Waals surface area (Å²) < 4.78 is 0. The van der Waals surface area contributed by atoms with Crippen molar-refractivity contribution >= 4 is 17.7 Å². The van der Waals surface area contributed by atoms with Gasteiger partial charge in [0, 0.05) is 12.2 Å². The second-order valence-electron chi connectivity index (χ2n) is 5.01. The zero-order valence-corrected chi connectivity index (χ0v) is 11.6. The molecule has 6 nitrogen and oxygen atoms in total. The number of piperidine rings is 1. The van der Waals surface area contributed by atoms with Crippen LogP contribution in [0, 0.1) is 11.3 Å². The molecule has 0 spiro atoms. The van der Waals surface area contributed by atoms with Crippen molar-refractivity contribution in [1.82, 2.24) is 4.90 Å². The number of nitrogens with zero attached hydrogens (tertiary/aromatic N) is 2. The molecule has 1 atom stereocenters. The van der Waals surface area contributed by atoms with Gasteiger partial charge in [-0.05, 0) is 37.0 Å². The van der Waals surface area contributed by atoms with E-state index in [0.29, 0.717) is 25.1 Å². The van der Waals surface area contributed by atoms with Crippen molar-refractivity contribution in [3.05, 3.63) is 29.8 Å². The van der Waals surface area contributed by atoms with Crippen LogP contribution in [-0.2, 0) is 11.2 Å². The van der Waals surface area contributed by atoms with Gasteiger partial charge in [-0.2, -0.15) is 5.26 Å². The fourth-order valence-corrected chi connectivity index (χ4v) is 2.42. The minimum absolute atomic E-state index is 0.321. The Bertz CT molecular complexity index is 563. The highest BCUT2D eigenvalue weighted by Crippen LogP contribution is 2.19. The van der Waals surface area contributed by atoms with Gasteiger partial charge in [-0.1, -0.05) is 12.1 Å². The molecule has 1 fully saturated rings. The Morgan fingerprint density at radius 3 is 2.67 bits per heavy atom. The molecule has 1 saturated heterocycles. The lowest BCUT2D eigenvalue weighted by Gasteiger charge is -2.32. The van der Waals surface area contributed by atoms with Gasteiger partial charge in [-0.3, -0.25) is 0 Å². The highest BCUT2D eigenvalue weighted by Gasteiger charge is 2.31. The van der Waals surface area contributed by atoms with Crippen molar-refractivity contribution in [3.8, 4) is 6.07 Å². The molecule has 1 heterocycles. The zero-order valence-electron chi connectivity index (χ0n) is 11.6. The Kier molecular flexibility index (Phi) is 4.77. The summed E-state index contributed by atoms with van der Waals surface area (Å²) in [6.07, 6.45) is 2.45. The first kappa shape index (κ1) is 14.9. The van der Waals surface area contributed by atoms with Crippen LogP contribution in [0.2, 0.25) is 0 Å². The lowest BCUT2D eigenvalue weighted by molar-refractivity contribution is -0.143. The van der Waals surface area contributed by atoms with E-state index in [0.717, 1.165) is 18.4 Å². The number of amides is 2. The van der Waals surface area contributed by atoms with Crippen LogP contribution in [0.15, 0.2) is 24.3 Å². The summed E-state index contributed by atoms with van der Waals surface area (Å²) in [4.78, 5) is 24.7. The molecule has 0 bridgehead atoms. The summed E-state index contributed by atoms with van der Waals surface area (Å²) in [5.74, 6) is -0.964. The van der Waals surface area contributed by atoms with Crippen molar-refractivity contribution in [2.75, 3.05) is 11.9 Å². The van der Waals surface area contributed by atoms with Gasteiger partial charge in [0.25, 0.3) is 0 Å². The third kappa shape index (κ3) is 3.72. The number of benzene rings is 1. The second-order valence-corrected chi connectivity index (χ2v) is 5.01. The van der Waals surface area contributed by atoms with Crippen LogP contribution in [0.3, 0.4) is 0 Å². The van der Waals surface area contributed by atoms with Gasteiger partial charge in [0.15, 0.2) is 0 Å². The number of aliphatic carboxylic acids is 1. The van der Waals surface area contributed by atoms with Gasteiger partial charge in [0.1, 0.15) is 6.04 Å². The Balaban J connectivity index is 2.02. The molecule has 1 aliphatic rings. The van der Waals surface area contributed by atoms with Crippen LogP contribution in [0.5, 0.6) is 0 Å². The van der Waals surface area contributed by atoms with Gasteiger partial charge in [0.2, 0.25) is 0 Å². The predicted octanol–water partition coefficient (Wildman–Crippen LogP) is 2.22. The molecule has 2 N–H and O–H groups in total. The quantitative estimate of drug-likeness (QED) is 0.891. The van der Waals surface area contributed by atoms with Gasteiger partial charge in [-0.15, -0.1) is 0 Å². The number of hydrogen-bond acceptors (Lipinski definition) is 3. The first-order valence-corrected chi connectivity index (χ1v) is 6.88. The molecule has 6 heteroatoms. The van der Waals surface area contributed by atoms with E-state index in [1.165, 1.54) is 4.90 Å². The molecule has 1 aromatic carbocycles. The first-order valence-electron chi connectivity index (χ1n) is 6.88. The van der Waals surface area contributed by atoms with E-state index in [2.05, 4.69) is 11.4 Å². The highest BCUT2D eigenvalue weighted by molar-refractivity contribution is 5.92. The van der Waals surface area contributed by atoms with Crippen LogP contribution in [0.1, 0.15) is 24.8 Å². The molecule has 0 saturated carbocycles. The van der Waals surface area contributed by atoms with Crippen molar-refractivity contribution in [2.24, 2.45) is 0 Å². The lowest BCUT2D eigenvalue weighted by atomic mass is 10.0. The second kappa shape index (κ2) is 6.75. The molecule has 1 unspecified atom stereocenters. The number of hydrogen-bond donors (Lipinski definition) is 2. The summed E-state index contributed by atoms with van der Waals surface area (Å²) in [5, 5.41) is 20.5. The molecule has 110 valence electrons. The highest BCUT2D eigenvalue weighted by atomic mass is 16.4. The van der Waals surface area contributed by atoms with E-state index in [4.69, 9.17) is 10.4 Å². The molecule has 0 radical (unpaired) electrons. The molecule has 1 aliphatic heterocycles. The summed E-state index contributed by atoms with van der Waals surface area (Å²) >= 11 is 0. The number of carbonyl (C=O) groups is 2. The SMILES string of the molecule is N#CCc1ccc(NC(=O)N2CCCCC2C(=O)O)cc1. The van der Waals surface area contributed by atoms with E-state index in [1.54, 1.807) is 24.3 Å². The summed E-state index contributed by atoms with van der Waals surface area (Å²) in [7, 11) is 0. The molecule has 2 amide bonds. The Morgan fingerprint density at radius 2 is 2.05 bits per heavy atom. The fraction of sp³-hybridized carbons (Fsp3) is 0.400. The topological polar surface area (TPSA) is 93.4 Å². The number of rotatable bonds is 3. The van der Waals surface area contributed by atoms with Crippen molar-refractivity contribution in [1.29, 1.82) is 5.26 Å². The average Bonchev–Trinajstić information content (AvgIpc) is 2.49. The first-order chi connectivity index (χ1) is 10.1. The van der Waals surface area contributed by atoms with Crippen LogP contribution >= 0.6 is 0 Å². The fourth-order valence-electron chi connectivity index (χ4n) is 2.42. The van der Waals surface area contributed by atoms with Gasteiger partial charge in [0.05, 0.1) is 12.5 Å². The Hall–Kier alpha value is -2.55. The number of urea groups is 1. The van der Waals surface area contributed by atoms with Crippen LogP contribution < -0.4 is 5.32 Å². The molecule has 1 aromatic rings. The Labute approximate surface area is 123 Å². The van der Waals surface area contributed by atoms with E-state index in [9.17, 15) is 9.59 Å². The van der Waals surface area contributed by atoms with Crippen LogP contribution in [0.25, 0.3) is 0 Å². The number of nitrogens with one attached hydrogen (secondary N) is 1. The Morgan fingerprint density at radius 1 is 1.33 bits per heavy atom. The monoisotopic (exact) mass is 287 g/mol. The minimum atomic E-state index is -0.964. The van der Waals surface area contributed by atoms with Gasteiger partial charge < -0.3 is 15.3 Å². The molecular formula is C15H17N3O3. The number of likely N-dealkylation sites (tertiary alicyclic amines) is 1. The number of anilines is 1. The van der Waals surface area contributed by atoms with E-state index < -0.39 is 18.0 Å². The van der Waals surface area contributed by atoms with E-state index in [1.807, 2.05) is 0 Å². The third-order valence-corrected chi connectivity index (χ3v) is 3.54. The largest absolute Gasteiger partial charge is 0.480 e. The molecule has 0 aliphatic carbocycles. The molecule has 21 heavy (non-hydrogen) atoms. The summed E-state index contributed by atoms with van der Waals surface area (Å²) in [6.45, 7) is 0.454. The van der Waals surface area contributed by atoms with Gasteiger partial charge in [-0.25, -0.2) is 9.59 Å². The van der Waals surface area contributed by atoms with Crippen LogP contribution in [0.4, 0.5) is 10.5 Å². The van der Waals surface area contributed by atoms with Gasteiger partial charge >= 0.3 is 12.0 Å². The van der Waals surface area contributed by atoms with Crippen molar-refractivity contribution in [3.63, 3.8) is 0 Å². The number of carboxylic acids is 1. The van der Waals surface area contributed by atoms with Crippen molar-refractivity contribution in [2.45, 2.75) is 31.7 Å². The predicted molar refractivity (Wildman–Crippen MR) is 76.8 cm³/mol. The number of carboxylic acid groups (broad SMARTS) is 1. The zero-order chi connectivity index (χ0) is 15.2. The summed E-state index contributed by atoms with van der Waals surface area (Å²) in [5.41, 5.74) is 1.47. The van der Waals surface area contributed by atoms with E-state index >= 15 is 0 Å².